The average Bonchev–Trinajstić information content (AvgIpc) is 1.41. The Morgan fingerprint density at radius 1 is 1.17 bits per heavy atom. The third-order valence-corrected chi connectivity index (χ3v) is 0.552. The van der Waals surface area contributed by atoms with E-state index in [-0.39, 0.29) is 51.4 Å². The van der Waals surface area contributed by atoms with E-state index in [0.29, 0.717) is 0 Å². The molecule has 0 rings (SSSR count). The number of hydrogen-bond acceptors (Lipinski definition) is 2. The first-order chi connectivity index (χ1) is 2.41. The summed E-state index contributed by atoms with van der Waals surface area (Å²) < 4.78 is 3.51. The van der Waals surface area contributed by atoms with E-state index in [9.17, 15) is 0 Å². The maximum absolute atomic E-state index is 7.64. The van der Waals surface area contributed by atoms with Crippen molar-refractivity contribution in [2.75, 3.05) is 0 Å². The van der Waals surface area contributed by atoms with Crippen LogP contribution in [0, 0.1) is 19.1 Å². The zero-order valence-electron chi connectivity index (χ0n) is 2.20. The summed E-state index contributed by atoms with van der Waals surface area (Å²) in [7, 11) is 0. The molecule has 6 heavy (non-hydrogen) atoms. The van der Waals surface area contributed by atoms with Crippen LogP contribution in [0.4, 0.5) is 0 Å². The zero-order chi connectivity index (χ0) is 4.12. The first kappa shape index (κ1) is 10.4. The third-order valence-electron chi connectivity index (χ3n) is 0.0674. The molecule has 0 aliphatic carbocycles. The summed E-state index contributed by atoms with van der Waals surface area (Å²) in [6, 6.07) is 0. The fourth-order valence-electron chi connectivity index (χ4n) is 0.0151. The summed E-state index contributed by atoms with van der Waals surface area (Å²) in [4.78, 5) is 0. The van der Waals surface area contributed by atoms with Gasteiger partial charge in [-0.1, -0.05) is 0 Å². The van der Waals surface area contributed by atoms with Crippen LogP contribution in [0.25, 0.3) is 0 Å². The Morgan fingerprint density at radius 2 is 1.50 bits per heavy atom. The van der Waals surface area contributed by atoms with Crippen molar-refractivity contribution in [3.05, 3.63) is 0 Å². The van der Waals surface area contributed by atoms with Crippen LogP contribution in [0.2, 0.25) is 0 Å². The van der Waals surface area contributed by atoms with E-state index in [2.05, 4.69) is 0 Å². The quantitative estimate of drug-likeness (QED) is 0.558. The average molecular weight is 289 g/mol. The van der Waals surface area contributed by atoms with E-state index >= 15 is 0 Å². The summed E-state index contributed by atoms with van der Waals surface area (Å²) in [5, 5.41) is 15.3. The van der Waals surface area contributed by atoms with Gasteiger partial charge < -0.3 is 0 Å². The van der Waals surface area contributed by atoms with Gasteiger partial charge in [0.15, 0.2) is 0 Å². The van der Waals surface area contributed by atoms with Crippen LogP contribution >= 0.6 is 0 Å². The molecule has 0 unspecified atom stereocenters. The van der Waals surface area contributed by atoms with Crippen LogP contribution in [0.15, 0.2) is 0 Å². The molecular weight excluding hydrogens is 288 g/mol. The van der Waals surface area contributed by atoms with E-state index in [1.54, 1.807) is 8.57 Å². The fraction of sp³-hybridized carbons (Fsp3) is 0. The summed E-state index contributed by atoms with van der Waals surface area (Å²) >= 11 is -0.670. The van der Waals surface area contributed by atoms with Crippen molar-refractivity contribution in [3.8, 4) is 8.57 Å². The standard InChI is InChI=1S/2CN.Au.K.H/c2*1-2;;;. The van der Waals surface area contributed by atoms with Gasteiger partial charge in [-0.2, -0.15) is 0 Å². The molecule has 0 aromatic rings. The number of rotatable bonds is 0. The van der Waals surface area contributed by atoms with Crippen molar-refractivity contribution in [3.63, 3.8) is 0 Å². The normalized spacial score (nSPS) is 4.33. The second-order valence-corrected chi connectivity index (χ2v) is 1.72. The Kier molecular flexibility index (Phi) is 16.6. The van der Waals surface area contributed by atoms with Crippen molar-refractivity contribution in [2.24, 2.45) is 0 Å². The molecule has 0 amide bonds. The molecule has 0 saturated carbocycles. The Hall–Kier alpha value is 1.36. The Morgan fingerprint density at radius 3 is 1.50 bits per heavy atom. The summed E-state index contributed by atoms with van der Waals surface area (Å²) in [5.74, 6) is 0. The number of hydrogen-bond donors (Lipinski definition) is 0. The van der Waals surface area contributed by atoms with E-state index in [1.807, 2.05) is 0 Å². The van der Waals surface area contributed by atoms with Crippen molar-refractivity contribution < 1.29 is 19.8 Å². The molecule has 4 heteroatoms. The van der Waals surface area contributed by atoms with Crippen molar-refractivity contribution in [1.29, 1.82) is 10.5 Å². The van der Waals surface area contributed by atoms with Gasteiger partial charge in [0.25, 0.3) is 0 Å². The molecule has 0 N–H and O–H groups in total. The van der Waals surface area contributed by atoms with Gasteiger partial charge in [-0.25, -0.2) is 0 Å². The first-order valence-corrected chi connectivity index (χ1v) is 2.92. The Balaban J connectivity index is 0. The third kappa shape index (κ3) is 9.02. The molecule has 0 aliphatic heterocycles. The van der Waals surface area contributed by atoms with E-state index < -0.39 is 19.8 Å². The molecule has 0 atom stereocenters. The Labute approximate surface area is 88.3 Å². The predicted molar refractivity (Wildman–Crippen MR) is 18.4 cm³/mol. The van der Waals surface area contributed by atoms with Crippen LogP contribution in [-0.2, 0) is 19.8 Å². The van der Waals surface area contributed by atoms with E-state index in [0.717, 1.165) is 0 Å². The van der Waals surface area contributed by atoms with Gasteiger partial charge in [0.1, 0.15) is 0 Å². The van der Waals surface area contributed by atoms with Crippen LogP contribution in [0.1, 0.15) is 0 Å². The first-order valence-electron chi connectivity index (χ1n) is 0.749. The fourth-order valence-corrected chi connectivity index (χ4v) is 0.123. The molecule has 0 radical (unpaired) electrons. The van der Waals surface area contributed by atoms with Crippen molar-refractivity contribution >= 4 is 51.4 Å². The van der Waals surface area contributed by atoms with Gasteiger partial charge in [0.2, 0.25) is 0 Å². The molecule has 0 saturated heterocycles. The van der Waals surface area contributed by atoms with Gasteiger partial charge in [-0.05, 0) is 0 Å². The van der Waals surface area contributed by atoms with Crippen LogP contribution in [0.3, 0.4) is 0 Å². The van der Waals surface area contributed by atoms with Gasteiger partial charge in [0.05, 0.1) is 0 Å². The zero-order valence-corrected chi connectivity index (χ0v) is 4.36. The molecule has 31 valence electrons. The summed E-state index contributed by atoms with van der Waals surface area (Å²) in [5.41, 5.74) is 0. The van der Waals surface area contributed by atoms with Gasteiger partial charge in [-0.15, -0.1) is 0 Å². The molecule has 0 heterocycles. The van der Waals surface area contributed by atoms with Crippen molar-refractivity contribution in [2.45, 2.75) is 0 Å². The molecule has 0 spiro atoms. The maximum atomic E-state index is 7.64. The van der Waals surface area contributed by atoms with Gasteiger partial charge in [0, 0.05) is 0 Å². The minimum atomic E-state index is -0.670. The molecule has 0 fully saturated rings. The summed E-state index contributed by atoms with van der Waals surface area (Å²) in [6.07, 6.45) is 0. The predicted octanol–water partition coefficient (Wildman–Crippen LogP) is -0.617. The van der Waals surface area contributed by atoms with Crippen molar-refractivity contribution in [1.82, 2.24) is 0 Å². The van der Waals surface area contributed by atoms with Gasteiger partial charge in [-0.3, -0.25) is 0 Å². The molecule has 2 nitrogen and oxygen atoms in total. The van der Waals surface area contributed by atoms with Crippen LogP contribution in [0.5, 0.6) is 0 Å². The molecule has 0 aromatic carbocycles. The molecular formula is C2HAuKN2. The molecule has 0 bridgehead atoms. The van der Waals surface area contributed by atoms with Crippen LogP contribution < -0.4 is 0 Å². The van der Waals surface area contributed by atoms with Gasteiger partial charge >= 0.3 is 90.2 Å². The second kappa shape index (κ2) is 9.61. The second-order valence-electron chi connectivity index (χ2n) is 0.210. The van der Waals surface area contributed by atoms with E-state index in [4.69, 9.17) is 10.5 Å². The SMILES string of the molecule is N#[C][Au][C]#N.[KH]. The topological polar surface area (TPSA) is 47.6 Å². The minimum absolute atomic E-state index is 0. The molecule has 0 aliphatic rings. The summed E-state index contributed by atoms with van der Waals surface area (Å²) in [6.45, 7) is 0. The number of nitriles is 2. The number of nitrogens with zero attached hydrogens (tertiary/aromatic N) is 2. The monoisotopic (exact) mass is 289 g/mol. The van der Waals surface area contributed by atoms with E-state index in [1.165, 1.54) is 0 Å². The molecule has 0 aromatic heterocycles. The Bertz CT molecular complexity index is 76.7. The van der Waals surface area contributed by atoms with Crippen LogP contribution in [-0.4, -0.2) is 51.4 Å².